The van der Waals surface area contributed by atoms with Gasteiger partial charge in [-0.3, -0.25) is 9.47 Å². The second-order valence-corrected chi connectivity index (χ2v) is 5.62. The van der Waals surface area contributed by atoms with E-state index in [2.05, 4.69) is 9.47 Å². The predicted octanol–water partition coefficient (Wildman–Crippen LogP) is 5.05. The minimum atomic E-state index is -8.06. The molecule has 0 aliphatic carbocycles. The van der Waals surface area contributed by atoms with Gasteiger partial charge in [0.15, 0.2) is 0 Å². The summed E-state index contributed by atoms with van der Waals surface area (Å²) in [4.78, 5) is 11.1. The van der Waals surface area contributed by atoms with E-state index in [1.165, 1.54) is 4.74 Å². The Morgan fingerprint density at radius 2 is 1.03 bits per heavy atom. The lowest BCUT2D eigenvalue weighted by Crippen LogP contribution is -2.68. The number of carbonyl (C=O) groups excluding carboxylic acids is 1. The van der Waals surface area contributed by atoms with E-state index in [1.807, 2.05) is 0 Å². The Kier molecular flexibility index (Phi) is 8.81. The molecule has 0 fully saturated rings. The zero-order valence-corrected chi connectivity index (χ0v) is 15.4. The highest BCUT2D eigenvalue weighted by Crippen LogP contribution is 2.56. The summed E-state index contributed by atoms with van der Waals surface area (Å²) in [6, 6.07) is 0. The normalized spacial score (nSPS) is 18.3. The average molecular weight is 554 g/mol. The van der Waals surface area contributed by atoms with Crippen LogP contribution in [0.4, 0.5) is 74.6 Å². The number of hydrogen-bond acceptors (Lipinski definition) is 5. The number of esters is 1. The number of carbonyl (C=O) groups is 1. The Balaban J connectivity index is 6.61. The Morgan fingerprint density at radius 3 is 1.35 bits per heavy atom. The fourth-order valence-corrected chi connectivity index (χ4v) is 1.46. The lowest BCUT2D eigenvalue weighted by molar-refractivity contribution is -0.548. The monoisotopic (exact) mass is 554 g/mol. The maximum atomic E-state index is 13.9. The van der Waals surface area contributed by atoms with Gasteiger partial charge in [0.2, 0.25) is 0 Å². The summed E-state index contributed by atoms with van der Waals surface area (Å²) in [5, 5.41) is 0. The summed E-state index contributed by atoms with van der Waals surface area (Å²) in [7, 11) is 0.764. The van der Waals surface area contributed by atoms with Gasteiger partial charge in [-0.2, -0.15) is 74.6 Å². The molecule has 0 heterocycles. The lowest BCUT2D eigenvalue weighted by atomic mass is 10.2. The van der Waals surface area contributed by atoms with Gasteiger partial charge in [0.1, 0.15) is 6.61 Å². The van der Waals surface area contributed by atoms with Gasteiger partial charge < -0.3 is 9.47 Å². The van der Waals surface area contributed by atoms with Crippen molar-refractivity contribution >= 4 is 5.97 Å². The molecule has 0 aliphatic heterocycles. The van der Waals surface area contributed by atoms with Gasteiger partial charge in [0.05, 0.1) is 6.61 Å². The van der Waals surface area contributed by atoms with Crippen molar-refractivity contribution in [2.75, 3.05) is 20.3 Å². The second kappa shape index (κ2) is 9.32. The van der Waals surface area contributed by atoms with Crippen molar-refractivity contribution < 1.29 is 98.4 Å². The third-order valence-corrected chi connectivity index (χ3v) is 3.15. The molecule has 0 aliphatic rings. The maximum Gasteiger partial charge on any atom is 0.462 e. The van der Waals surface area contributed by atoms with E-state index in [1.54, 1.807) is 4.74 Å². The van der Waals surface area contributed by atoms with Crippen LogP contribution in [-0.2, 0) is 23.7 Å². The zero-order chi connectivity index (χ0) is 27.8. The summed E-state index contributed by atoms with van der Waals surface area (Å²) < 4.78 is 229. The van der Waals surface area contributed by atoms with Gasteiger partial charge in [0, 0.05) is 7.11 Å². The first kappa shape index (κ1) is 32.2. The Hall–Kier alpha value is -1.84. The van der Waals surface area contributed by atoms with Gasteiger partial charge >= 0.3 is 54.3 Å². The number of methoxy groups -OCH3 is 1. The minimum Gasteiger partial charge on any atom is -0.459 e. The van der Waals surface area contributed by atoms with Crippen LogP contribution in [0.25, 0.3) is 0 Å². The third kappa shape index (κ3) is 5.86. The molecule has 0 spiro atoms. The van der Waals surface area contributed by atoms with Gasteiger partial charge in [0.25, 0.3) is 0 Å². The molecule has 204 valence electrons. The fourth-order valence-electron chi connectivity index (χ4n) is 1.46. The largest absolute Gasteiger partial charge is 0.462 e. The highest BCUT2D eigenvalue weighted by Gasteiger charge is 2.85. The molecule has 5 nitrogen and oxygen atoms in total. The molecular formula is C12H7F17O5. The Labute approximate surface area is 174 Å². The van der Waals surface area contributed by atoms with Gasteiger partial charge in [-0.15, -0.1) is 0 Å². The molecule has 0 saturated heterocycles. The predicted molar refractivity (Wildman–Crippen MR) is 65.7 cm³/mol. The molecule has 22 heteroatoms. The summed E-state index contributed by atoms with van der Waals surface area (Å²) in [6.07, 6.45) is -38.6. The SMILES string of the molecule is COCCOC(=O)[C@](F)(OC(F)(F)[C@](F)(OC(F)(F)C(F)(F)C(F)(F)F)C(F)(F)F)C(F)(F)F. The van der Waals surface area contributed by atoms with Gasteiger partial charge in [-0.25, -0.2) is 4.79 Å². The number of alkyl halides is 17. The van der Waals surface area contributed by atoms with Crippen LogP contribution in [0.15, 0.2) is 0 Å². The Morgan fingerprint density at radius 1 is 0.588 bits per heavy atom. The number of rotatable bonds is 10. The van der Waals surface area contributed by atoms with Crippen molar-refractivity contribution in [3.05, 3.63) is 0 Å². The molecule has 0 radical (unpaired) electrons. The average Bonchev–Trinajstić information content (AvgIpc) is 2.57. The quantitative estimate of drug-likeness (QED) is 0.215. The van der Waals surface area contributed by atoms with Gasteiger partial charge in [-0.1, -0.05) is 0 Å². The van der Waals surface area contributed by atoms with E-state index in [4.69, 9.17) is 0 Å². The molecule has 0 aromatic carbocycles. The summed E-state index contributed by atoms with van der Waals surface area (Å²) >= 11 is 0. The topological polar surface area (TPSA) is 54.0 Å². The molecule has 0 aromatic heterocycles. The fraction of sp³-hybridized carbons (Fsp3) is 0.917. The second-order valence-electron chi connectivity index (χ2n) is 5.62. The molecule has 0 rings (SSSR count). The molecule has 34 heavy (non-hydrogen) atoms. The van der Waals surface area contributed by atoms with E-state index in [0.29, 0.717) is 0 Å². The van der Waals surface area contributed by atoms with E-state index in [0.717, 1.165) is 7.11 Å². The summed E-state index contributed by atoms with van der Waals surface area (Å²) in [5.41, 5.74) is 0. The first-order chi connectivity index (χ1) is 14.6. The first-order valence-corrected chi connectivity index (χ1v) is 7.42. The standard InChI is InChI=1S/C12H7F17O5/c1-31-2-3-32-4(30)5(13,8(17,18)19)33-12(28,29)7(16,10(23,24)25)34-11(26,27)6(14,15)9(20,21)22/h2-3H2,1H3/t5-,7+/m0/s1. The van der Waals surface area contributed by atoms with Crippen molar-refractivity contribution in [1.29, 1.82) is 0 Å². The van der Waals surface area contributed by atoms with Crippen LogP contribution in [0.2, 0.25) is 0 Å². The minimum absolute atomic E-state index is 0.764. The van der Waals surface area contributed by atoms with E-state index < -0.39 is 67.6 Å². The number of ether oxygens (including phenoxy) is 4. The number of hydrogen-bond donors (Lipinski definition) is 0. The molecule has 0 saturated carbocycles. The van der Waals surface area contributed by atoms with Crippen LogP contribution >= 0.6 is 0 Å². The van der Waals surface area contributed by atoms with Crippen molar-refractivity contribution in [3.8, 4) is 0 Å². The van der Waals surface area contributed by atoms with Crippen LogP contribution in [0.5, 0.6) is 0 Å². The Bertz CT molecular complexity index is 713. The van der Waals surface area contributed by atoms with Crippen molar-refractivity contribution in [2.24, 2.45) is 0 Å². The zero-order valence-electron chi connectivity index (χ0n) is 15.4. The van der Waals surface area contributed by atoms with Crippen LogP contribution in [0.3, 0.4) is 0 Å². The van der Waals surface area contributed by atoms with Gasteiger partial charge in [-0.05, 0) is 0 Å². The molecule has 2 atom stereocenters. The van der Waals surface area contributed by atoms with Crippen LogP contribution < -0.4 is 0 Å². The van der Waals surface area contributed by atoms with Crippen molar-refractivity contribution in [3.63, 3.8) is 0 Å². The van der Waals surface area contributed by atoms with Crippen LogP contribution in [0.1, 0.15) is 0 Å². The first-order valence-electron chi connectivity index (χ1n) is 7.42. The number of halogens is 17. The van der Waals surface area contributed by atoms with Crippen molar-refractivity contribution in [1.82, 2.24) is 0 Å². The highest BCUT2D eigenvalue weighted by atomic mass is 19.4. The third-order valence-electron chi connectivity index (χ3n) is 3.15. The van der Waals surface area contributed by atoms with Crippen LogP contribution in [0, 0.1) is 0 Å². The molecule has 0 bridgehead atoms. The molecule has 0 unspecified atom stereocenters. The maximum absolute atomic E-state index is 13.9. The van der Waals surface area contributed by atoms with E-state index in [9.17, 15) is 79.4 Å². The molecule has 0 N–H and O–H groups in total. The van der Waals surface area contributed by atoms with E-state index in [-0.39, 0.29) is 0 Å². The van der Waals surface area contributed by atoms with Crippen molar-refractivity contribution in [2.45, 2.75) is 48.4 Å². The summed E-state index contributed by atoms with van der Waals surface area (Å²) in [5.74, 6) is -26.5. The lowest BCUT2D eigenvalue weighted by Gasteiger charge is -2.39. The smallest absolute Gasteiger partial charge is 0.459 e. The van der Waals surface area contributed by atoms with Crippen LogP contribution in [-0.4, -0.2) is 74.7 Å². The molecular weight excluding hydrogens is 547 g/mol. The van der Waals surface area contributed by atoms with E-state index >= 15 is 0 Å². The highest BCUT2D eigenvalue weighted by molar-refractivity contribution is 5.78. The summed E-state index contributed by atoms with van der Waals surface area (Å²) in [6.45, 7) is -2.38. The molecule has 0 amide bonds. The molecule has 0 aromatic rings.